The molecule has 0 bridgehead atoms. The maximum absolute atomic E-state index is 12.9. The first-order valence-corrected chi connectivity index (χ1v) is 8.95. The first-order valence-electron chi connectivity index (χ1n) is 8.95. The molecule has 2 rings (SSSR count). The Balaban J connectivity index is 2.23. The molecule has 1 aromatic carbocycles. The minimum atomic E-state index is -4.40. The molecule has 0 unspecified atom stereocenters. The normalized spacial score (nSPS) is 16.0. The summed E-state index contributed by atoms with van der Waals surface area (Å²) in [6, 6.07) is 5.00. The first-order chi connectivity index (χ1) is 13.3. The number of allylic oxidation sites excluding steroid dienone is 5. The molecule has 0 fully saturated rings. The summed E-state index contributed by atoms with van der Waals surface area (Å²) >= 11 is 0. The molecule has 0 aliphatic carbocycles. The molecule has 1 aliphatic heterocycles. The number of amidine groups is 1. The molecule has 3 nitrogen and oxygen atoms in total. The number of halogens is 3. The number of hydrogen-bond acceptors (Lipinski definition) is 3. The highest BCUT2D eigenvalue weighted by Crippen LogP contribution is 2.31. The molecular weight excluding hydrogens is 363 g/mol. The molecule has 0 saturated heterocycles. The van der Waals surface area contributed by atoms with Gasteiger partial charge in [-0.2, -0.15) is 13.2 Å². The van der Waals surface area contributed by atoms with Crippen LogP contribution in [-0.4, -0.2) is 10.7 Å². The lowest BCUT2D eigenvalue weighted by Gasteiger charge is -2.29. The second kappa shape index (κ2) is 9.26. The maximum atomic E-state index is 12.9. The number of aliphatic imine (C=N–C) groups is 1. The van der Waals surface area contributed by atoms with Gasteiger partial charge in [-0.3, -0.25) is 0 Å². The van der Waals surface area contributed by atoms with Gasteiger partial charge < -0.3 is 10.2 Å². The van der Waals surface area contributed by atoms with Crippen LogP contribution in [0.2, 0.25) is 0 Å². The molecule has 1 aromatic rings. The van der Waals surface area contributed by atoms with Crippen LogP contribution >= 0.6 is 0 Å². The molecule has 0 amide bonds. The van der Waals surface area contributed by atoms with Gasteiger partial charge in [-0.25, -0.2) is 4.99 Å². The van der Waals surface area contributed by atoms with Crippen LogP contribution in [0.15, 0.2) is 89.5 Å². The lowest BCUT2D eigenvalue weighted by atomic mass is 10.1. The minimum absolute atomic E-state index is 0.296. The van der Waals surface area contributed by atoms with E-state index in [0.717, 1.165) is 29.8 Å². The summed E-state index contributed by atoms with van der Waals surface area (Å²) < 4.78 is 38.8. The highest BCUT2D eigenvalue weighted by molar-refractivity contribution is 6.08. The average molecular weight is 387 g/mol. The van der Waals surface area contributed by atoms with Crippen LogP contribution in [0.25, 0.3) is 0 Å². The van der Waals surface area contributed by atoms with E-state index in [9.17, 15) is 13.2 Å². The van der Waals surface area contributed by atoms with Crippen molar-refractivity contribution >= 4 is 11.5 Å². The van der Waals surface area contributed by atoms with Crippen molar-refractivity contribution in [2.75, 3.05) is 5.32 Å². The molecule has 0 radical (unpaired) electrons. The largest absolute Gasteiger partial charge is 0.416 e. The molecule has 0 saturated carbocycles. The van der Waals surface area contributed by atoms with Crippen molar-refractivity contribution < 1.29 is 13.2 Å². The minimum Gasteiger partial charge on any atom is -0.338 e. The van der Waals surface area contributed by atoms with E-state index < -0.39 is 11.7 Å². The third kappa shape index (κ3) is 5.25. The van der Waals surface area contributed by atoms with Crippen LogP contribution in [0.1, 0.15) is 32.8 Å². The smallest absolute Gasteiger partial charge is 0.338 e. The van der Waals surface area contributed by atoms with Gasteiger partial charge in [0.2, 0.25) is 0 Å². The van der Waals surface area contributed by atoms with Gasteiger partial charge >= 0.3 is 6.18 Å². The Morgan fingerprint density at radius 3 is 2.71 bits per heavy atom. The quantitative estimate of drug-likeness (QED) is 0.574. The summed E-state index contributed by atoms with van der Waals surface area (Å²) in [5.74, 6) is 0.387. The van der Waals surface area contributed by atoms with Crippen LogP contribution in [0, 0.1) is 0 Å². The fraction of sp³-hybridized carbons (Fsp3) is 0.227. The van der Waals surface area contributed by atoms with Crippen molar-refractivity contribution in [1.82, 2.24) is 4.90 Å². The molecule has 28 heavy (non-hydrogen) atoms. The zero-order valence-electron chi connectivity index (χ0n) is 16.2. The van der Waals surface area contributed by atoms with Gasteiger partial charge in [0.25, 0.3) is 0 Å². The van der Waals surface area contributed by atoms with Gasteiger partial charge in [0.15, 0.2) is 5.84 Å². The van der Waals surface area contributed by atoms with Crippen molar-refractivity contribution in [2.45, 2.75) is 33.4 Å². The predicted molar refractivity (Wildman–Crippen MR) is 110 cm³/mol. The molecule has 0 atom stereocenters. The summed E-state index contributed by atoms with van der Waals surface area (Å²) in [6.07, 6.45) is 7.91. The molecular formula is C22H24F3N3. The molecule has 148 valence electrons. The fourth-order valence-corrected chi connectivity index (χ4v) is 2.68. The number of nitrogens with one attached hydrogen (secondary N) is 1. The van der Waals surface area contributed by atoms with Crippen LogP contribution in [0.4, 0.5) is 18.9 Å². The van der Waals surface area contributed by atoms with Crippen molar-refractivity contribution in [3.8, 4) is 0 Å². The number of nitrogens with zero attached hydrogens (tertiary/aromatic N) is 2. The summed E-state index contributed by atoms with van der Waals surface area (Å²) in [5.41, 5.74) is 2.06. The summed E-state index contributed by atoms with van der Waals surface area (Å²) in [5, 5.41) is 2.94. The molecule has 1 N–H and O–H groups in total. The predicted octanol–water partition coefficient (Wildman–Crippen LogP) is 6.63. The van der Waals surface area contributed by atoms with Crippen LogP contribution in [0.5, 0.6) is 0 Å². The lowest BCUT2D eigenvalue weighted by Crippen LogP contribution is -2.29. The van der Waals surface area contributed by atoms with E-state index >= 15 is 0 Å². The van der Waals surface area contributed by atoms with Crippen LogP contribution in [0.3, 0.4) is 0 Å². The van der Waals surface area contributed by atoms with Gasteiger partial charge in [0.1, 0.15) is 0 Å². The lowest BCUT2D eigenvalue weighted by molar-refractivity contribution is -0.137. The van der Waals surface area contributed by atoms with Crippen LogP contribution in [-0.2, 0) is 6.18 Å². The Kier molecular flexibility index (Phi) is 7.04. The van der Waals surface area contributed by atoms with E-state index in [-0.39, 0.29) is 0 Å². The number of anilines is 1. The first kappa shape index (κ1) is 21.3. The molecule has 6 heteroatoms. The Bertz CT molecular complexity index is 871. The third-order valence-electron chi connectivity index (χ3n) is 4.09. The van der Waals surface area contributed by atoms with Gasteiger partial charge in [0.05, 0.1) is 11.3 Å². The number of benzene rings is 1. The number of hydrogen-bond donors (Lipinski definition) is 1. The van der Waals surface area contributed by atoms with Crippen LogP contribution < -0.4 is 5.32 Å². The van der Waals surface area contributed by atoms with Crippen molar-refractivity contribution in [3.63, 3.8) is 0 Å². The second-order valence-electron chi connectivity index (χ2n) is 6.16. The number of alkyl halides is 3. The SMILES string of the molecule is C=C1C(Nc2cccc(C(F)(F)F)c2)=NC=CN1C(=C\C)/C(C)=C/C=C\CC. The highest BCUT2D eigenvalue weighted by Gasteiger charge is 2.30. The number of rotatable bonds is 5. The standard InChI is InChI=1S/C22H24F3N3/c1-5-7-8-10-16(3)20(6-2)28-14-13-26-21(17(28)4)27-19-12-9-11-18(15-19)22(23,24)25/h6-15H,4-5H2,1-3H3,(H,26,27)/b8-7-,16-10+,20-6-. The summed E-state index contributed by atoms with van der Waals surface area (Å²) in [6.45, 7) is 10.0. The molecule has 1 aliphatic rings. The van der Waals surface area contributed by atoms with Crippen molar-refractivity contribution in [2.24, 2.45) is 4.99 Å². The maximum Gasteiger partial charge on any atom is 0.416 e. The highest BCUT2D eigenvalue weighted by atomic mass is 19.4. The second-order valence-corrected chi connectivity index (χ2v) is 6.16. The van der Waals surface area contributed by atoms with E-state index in [2.05, 4.69) is 29.9 Å². The van der Waals surface area contributed by atoms with E-state index in [1.54, 1.807) is 18.5 Å². The zero-order valence-corrected chi connectivity index (χ0v) is 16.2. The monoisotopic (exact) mass is 387 g/mol. The van der Waals surface area contributed by atoms with Crippen molar-refractivity contribution in [3.05, 3.63) is 90.1 Å². The Morgan fingerprint density at radius 2 is 2.07 bits per heavy atom. The van der Waals surface area contributed by atoms with E-state index in [1.807, 2.05) is 37.0 Å². The van der Waals surface area contributed by atoms with E-state index in [4.69, 9.17) is 0 Å². The fourth-order valence-electron chi connectivity index (χ4n) is 2.68. The summed E-state index contributed by atoms with van der Waals surface area (Å²) in [4.78, 5) is 6.10. The van der Waals surface area contributed by atoms with Gasteiger partial charge in [-0.1, -0.05) is 43.9 Å². The third-order valence-corrected chi connectivity index (χ3v) is 4.09. The van der Waals surface area contributed by atoms with Crippen molar-refractivity contribution in [1.29, 1.82) is 0 Å². The zero-order chi connectivity index (χ0) is 20.7. The topological polar surface area (TPSA) is 27.6 Å². The van der Waals surface area contributed by atoms with Gasteiger partial charge in [-0.05, 0) is 44.0 Å². The Morgan fingerprint density at radius 1 is 1.32 bits per heavy atom. The molecule has 0 aromatic heterocycles. The molecule has 1 heterocycles. The Labute approximate surface area is 164 Å². The summed E-state index contributed by atoms with van der Waals surface area (Å²) in [7, 11) is 0. The average Bonchev–Trinajstić information content (AvgIpc) is 2.65. The van der Waals surface area contributed by atoms with Gasteiger partial charge in [0, 0.05) is 23.8 Å². The molecule has 0 spiro atoms. The van der Waals surface area contributed by atoms with E-state index in [1.165, 1.54) is 6.07 Å². The van der Waals surface area contributed by atoms with Gasteiger partial charge in [-0.15, -0.1) is 0 Å². The Hall–Kier alpha value is -3.02. The van der Waals surface area contributed by atoms with E-state index in [0.29, 0.717) is 17.2 Å².